The van der Waals surface area contributed by atoms with Gasteiger partial charge in [0.15, 0.2) is 5.40 Å². The summed E-state index contributed by atoms with van der Waals surface area (Å²) in [5.74, 6) is -0.212. The Morgan fingerprint density at radius 2 is 2.42 bits per heavy atom. The van der Waals surface area contributed by atoms with Crippen LogP contribution < -0.4 is 0 Å². The molecule has 1 aromatic heterocycles. The van der Waals surface area contributed by atoms with Crippen molar-refractivity contribution in [3.63, 3.8) is 0 Å². The molecule has 0 amide bonds. The second-order valence-electron chi connectivity index (χ2n) is 2.12. The van der Waals surface area contributed by atoms with Crippen LogP contribution in [0.2, 0.25) is 0 Å². The number of aromatic nitrogens is 3. The minimum absolute atomic E-state index is 0.212. The molecule has 0 fully saturated rings. The predicted octanol–water partition coefficient (Wildman–Crippen LogP) is -0.757. The summed E-state index contributed by atoms with van der Waals surface area (Å²) in [7, 11) is -3.57. The number of nitrogens with zero attached hydrogens (tertiary/aromatic N) is 3. The summed E-state index contributed by atoms with van der Waals surface area (Å²) in [5.41, 5.74) is 0.536. The van der Waals surface area contributed by atoms with E-state index < -0.39 is 9.84 Å². The lowest BCUT2D eigenvalue weighted by Gasteiger charge is -1.89. The first-order valence-electron chi connectivity index (χ1n) is 3.12. The summed E-state index contributed by atoms with van der Waals surface area (Å²) in [5, 5.41) is 18.8. The molecule has 12 heavy (non-hydrogen) atoms. The van der Waals surface area contributed by atoms with Crippen LogP contribution in [0, 0.1) is 10.7 Å². The summed E-state index contributed by atoms with van der Waals surface area (Å²) in [6.45, 7) is 0. The molecule has 0 aliphatic carbocycles. The van der Waals surface area contributed by atoms with Gasteiger partial charge in [-0.25, -0.2) is 8.42 Å². The van der Waals surface area contributed by atoms with E-state index in [0.717, 1.165) is 0 Å². The fraction of sp³-hybridized carbons (Fsp3) is 0.400. The van der Waals surface area contributed by atoms with E-state index in [9.17, 15) is 8.42 Å². The number of aromatic amines is 1. The molecule has 64 valence electrons. The lowest BCUT2D eigenvalue weighted by molar-refractivity contribution is 0.604. The predicted molar refractivity (Wildman–Crippen MR) is 39.5 cm³/mol. The van der Waals surface area contributed by atoms with E-state index in [0.29, 0.717) is 5.69 Å². The molecule has 0 saturated carbocycles. The highest BCUT2D eigenvalue weighted by molar-refractivity contribution is 7.95. The summed E-state index contributed by atoms with van der Waals surface area (Å²) in [6.07, 6.45) is 1.64. The Hall–Kier alpha value is -1.42. The van der Waals surface area contributed by atoms with Gasteiger partial charge in [0, 0.05) is 6.42 Å². The molecule has 0 atom stereocenters. The third-order valence-corrected chi connectivity index (χ3v) is 2.25. The minimum atomic E-state index is -3.57. The van der Waals surface area contributed by atoms with Crippen molar-refractivity contribution in [1.82, 2.24) is 15.4 Å². The van der Waals surface area contributed by atoms with Gasteiger partial charge in [0.1, 0.15) is 0 Å². The van der Waals surface area contributed by atoms with Gasteiger partial charge >= 0.3 is 0 Å². The van der Waals surface area contributed by atoms with E-state index in [1.165, 1.54) is 11.6 Å². The second kappa shape index (κ2) is 3.32. The monoisotopic (exact) mass is 186 g/mol. The van der Waals surface area contributed by atoms with E-state index in [-0.39, 0.29) is 12.2 Å². The molecule has 0 aliphatic heterocycles. The van der Waals surface area contributed by atoms with Crippen molar-refractivity contribution in [2.75, 3.05) is 5.75 Å². The van der Waals surface area contributed by atoms with Crippen LogP contribution in [-0.4, -0.2) is 29.6 Å². The zero-order valence-corrected chi connectivity index (χ0v) is 6.87. The first-order valence-corrected chi connectivity index (χ1v) is 4.77. The second-order valence-corrected chi connectivity index (χ2v) is 3.94. The molecule has 0 radical (unpaired) electrons. The van der Waals surface area contributed by atoms with Gasteiger partial charge in [-0.2, -0.15) is 20.7 Å². The van der Waals surface area contributed by atoms with Crippen LogP contribution in [0.5, 0.6) is 0 Å². The highest BCUT2D eigenvalue weighted by Gasteiger charge is 2.09. The quantitative estimate of drug-likeness (QED) is 0.494. The van der Waals surface area contributed by atoms with Crippen LogP contribution in [0.15, 0.2) is 6.20 Å². The van der Waals surface area contributed by atoms with Crippen molar-refractivity contribution in [2.45, 2.75) is 6.42 Å². The maximum atomic E-state index is 10.7. The van der Waals surface area contributed by atoms with Crippen molar-refractivity contribution in [1.29, 1.82) is 5.26 Å². The SMILES string of the molecule is N#CS(=O)(=O)CCc1cn[nH]n1. The van der Waals surface area contributed by atoms with Crippen molar-refractivity contribution >= 4 is 9.84 Å². The lowest BCUT2D eigenvalue weighted by Crippen LogP contribution is -2.05. The van der Waals surface area contributed by atoms with Crippen LogP contribution in [-0.2, 0) is 16.3 Å². The Balaban J connectivity index is 2.54. The molecule has 1 N–H and O–H groups in total. The molecule has 1 rings (SSSR count). The van der Waals surface area contributed by atoms with E-state index in [1.807, 2.05) is 0 Å². The standard InChI is InChI=1S/C5H6N4O2S/c6-4-12(10,11)2-1-5-3-7-9-8-5/h3H,1-2H2,(H,7,8,9). The minimum Gasteiger partial charge on any atom is -0.213 e. The molecule has 0 unspecified atom stereocenters. The number of aryl methyl sites for hydroxylation is 1. The molecular formula is C5H6N4O2S. The van der Waals surface area contributed by atoms with Gasteiger partial charge in [-0.3, -0.25) is 0 Å². The molecule has 0 spiro atoms. The summed E-state index contributed by atoms with van der Waals surface area (Å²) >= 11 is 0. The van der Waals surface area contributed by atoms with Gasteiger partial charge in [-0.1, -0.05) is 0 Å². The zero-order chi connectivity index (χ0) is 9.03. The van der Waals surface area contributed by atoms with Crippen LogP contribution in [0.4, 0.5) is 0 Å². The van der Waals surface area contributed by atoms with Crippen molar-refractivity contribution in [3.8, 4) is 5.40 Å². The number of hydrogen-bond acceptors (Lipinski definition) is 5. The lowest BCUT2D eigenvalue weighted by atomic mass is 10.4. The average molecular weight is 186 g/mol. The van der Waals surface area contributed by atoms with Gasteiger partial charge in [-0.05, 0) is 0 Å². The van der Waals surface area contributed by atoms with Gasteiger partial charge in [0.05, 0.1) is 17.6 Å². The fourth-order valence-corrected chi connectivity index (χ4v) is 1.20. The smallest absolute Gasteiger partial charge is 0.213 e. The average Bonchev–Trinajstić information content (AvgIpc) is 2.53. The highest BCUT2D eigenvalue weighted by atomic mass is 32.2. The van der Waals surface area contributed by atoms with Gasteiger partial charge in [0.25, 0.3) is 0 Å². The largest absolute Gasteiger partial charge is 0.241 e. The first-order chi connectivity index (χ1) is 5.64. The molecule has 1 aromatic rings. The number of nitriles is 1. The van der Waals surface area contributed by atoms with E-state index >= 15 is 0 Å². The molecular weight excluding hydrogens is 180 g/mol. The van der Waals surface area contributed by atoms with Crippen molar-refractivity contribution in [2.24, 2.45) is 0 Å². The summed E-state index contributed by atoms with van der Waals surface area (Å²) in [4.78, 5) is 0. The van der Waals surface area contributed by atoms with E-state index in [4.69, 9.17) is 5.26 Å². The number of rotatable bonds is 3. The Kier molecular flexibility index (Phi) is 2.40. The number of thiocyanates is 1. The third kappa shape index (κ3) is 2.32. The van der Waals surface area contributed by atoms with Gasteiger partial charge in [-0.15, -0.1) is 0 Å². The maximum Gasteiger partial charge on any atom is 0.241 e. The van der Waals surface area contributed by atoms with Crippen LogP contribution in [0.25, 0.3) is 0 Å². The Labute approximate surface area is 69.1 Å². The number of hydrogen-bond donors (Lipinski definition) is 1. The molecule has 0 aromatic carbocycles. The van der Waals surface area contributed by atoms with E-state index in [1.54, 1.807) is 0 Å². The number of nitrogens with one attached hydrogen (secondary N) is 1. The Morgan fingerprint density at radius 3 is 2.92 bits per heavy atom. The Morgan fingerprint density at radius 1 is 1.67 bits per heavy atom. The van der Waals surface area contributed by atoms with Crippen LogP contribution in [0.3, 0.4) is 0 Å². The molecule has 0 saturated heterocycles. The number of sulfone groups is 1. The normalized spacial score (nSPS) is 10.9. The molecule has 0 bridgehead atoms. The Bertz CT molecular complexity index is 374. The molecule has 0 aliphatic rings. The molecule has 6 nitrogen and oxygen atoms in total. The zero-order valence-electron chi connectivity index (χ0n) is 6.06. The summed E-state index contributed by atoms with van der Waals surface area (Å²) < 4.78 is 21.3. The molecule has 7 heteroatoms. The van der Waals surface area contributed by atoms with Crippen LogP contribution >= 0.6 is 0 Å². The number of H-pyrrole nitrogens is 1. The fourth-order valence-electron chi connectivity index (χ4n) is 0.630. The summed E-state index contributed by atoms with van der Waals surface area (Å²) in [6, 6.07) is 0. The van der Waals surface area contributed by atoms with Gasteiger partial charge in [0.2, 0.25) is 9.84 Å². The first kappa shape index (κ1) is 8.67. The highest BCUT2D eigenvalue weighted by Crippen LogP contribution is 1.95. The van der Waals surface area contributed by atoms with Crippen LogP contribution in [0.1, 0.15) is 5.69 Å². The van der Waals surface area contributed by atoms with Crippen molar-refractivity contribution < 1.29 is 8.42 Å². The molecule has 1 heterocycles. The topological polar surface area (TPSA) is 99.5 Å². The van der Waals surface area contributed by atoms with E-state index in [2.05, 4.69) is 15.4 Å². The van der Waals surface area contributed by atoms with Gasteiger partial charge < -0.3 is 0 Å². The maximum absolute atomic E-state index is 10.7. The van der Waals surface area contributed by atoms with Crippen molar-refractivity contribution in [3.05, 3.63) is 11.9 Å². The third-order valence-electron chi connectivity index (χ3n) is 1.23.